The van der Waals surface area contributed by atoms with Crippen LogP contribution in [0, 0.1) is 0 Å². The first-order valence-corrected chi connectivity index (χ1v) is 7.12. The smallest absolute Gasteiger partial charge is 0.334 e. The molecule has 0 fully saturated rings. The van der Waals surface area contributed by atoms with Crippen molar-refractivity contribution < 1.29 is 4.79 Å². The second-order valence-electron chi connectivity index (χ2n) is 5.45. The Morgan fingerprint density at radius 2 is 2.10 bits per heavy atom. The van der Waals surface area contributed by atoms with Crippen molar-refractivity contribution in [3.63, 3.8) is 0 Å². The zero-order chi connectivity index (χ0) is 14.8. The largest absolute Gasteiger partial charge is 0.338 e. The summed E-state index contributed by atoms with van der Waals surface area (Å²) in [6, 6.07) is 9.87. The first kappa shape index (κ1) is 13.5. The zero-order valence-corrected chi connectivity index (χ0v) is 12.2. The average Bonchev–Trinajstić information content (AvgIpc) is 2.95. The summed E-state index contributed by atoms with van der Waals surface area (Å²) in [6.45, 7) is 3.86. The zero-order valence-electron chi connectivity index (χ0n) is 12.2. The maximum absolute atomic E-state index is 12.2. The van der Waals surface area contributed by atoms with Gasteiger partial charge in [-0.2, -0.15) is 5.10 Å². The van der Waals surface area contributed by atoms with Crippen LogP contribution in [0.4, 0.5) is 4.79 Å². The van der Waals surface area contributed by atoms with Gasteiger partial charge in [0.15, 0.2) is 0 Å². The molecule has 0 bridgehead atoms. The molecule has 5 nitrogen and oxygen atoms in total. The number of fused-ring (bicyclic) bond motifs is 1. The van der Waals surface area contributed by atoms with Gasteiger partial charge in [0.25, 0.3) is 0 Å². The Morgan fingerprint density at radius 1 is 1.33 bits per heavy atom. The van der Waals surface area contributed by atoms with Crippen LogP contribution < -0.4 is 5.32 Å². The molecule has 2 amide bonds. The summed E-state index contributed by atoms with van der Waals surface area (Å²) in [5.41, 5.74) is 0.866. The maximum Gasteiger partial charge on any atom is 0.338 e. The van der Waals surface area contributed by atoms with E-state index >= 15 is 0 Å². The summed E-state index contributed by atoms with van der Waals surface area (Å²) in [5, 5.41) is 10.8. The van der Waals surface area contributed by atoms with E-state index in [4.69, 9.17) is 0 Å². The van der Waals surface area contributed by atoms with Crippen molar-refractivity contribution >= 4 is 23.0 Å². The molecule has 5 heteroatoms. The molecule has 21 heavy (non-hydrogen) atoms. The summed E-state index contributed by atoms with van der Waals surface area (Å²) < 4.78 is 0. The summed E-state index contributed by atoms with van der Waals surface area (Å²) in [4.78, 5) is 16.7. The molecule has 1 N–H and O–H groups in total. The van der Waals surface area contributed by atoms with Crippen molar-refractivity contribution in [3.8, 4) is 0 Å². The van der Waals surface area contributed by atoms with Crippen LogP contribution in [0.25, 0.3) is 10.8 Å². The van der Waals surface area contributed by atoms with E-state index in [1.54, 1.807) is 6.21 Å². The van der Waals surface area contributed by atoms with E-state index in [-0.39, 0.29) is 18.1 Å². The number of amides is 2. The third kappa shape index (κ3) is 2.72. The van der Waals surface area contributed by atoms with Gasteiger partial charge in [-0.25, -0.2) is 9.80 Å². The first-order chi connectivity index (χ1) is 10.1. The van der Waals surface area contributed by atoms with Crippen molar-refractivity contribution in [2.45, 2.75) is 32.4 Å². The molecular weight excluding hydrogens is 264 g/mol. The Bertz CT molecular complexity index is 695. The van der Waals surface area contributed by atoms with Gasteiger partial charge in [0.05, 0.1) is 5.69 Å². The fourth-order valence-corrected chi connectivity index (χ4v) is 2.45. The molecule has 0 spiro atoms. The van der Waals surface area contributed by atoms with Crippen LogP contribution in [0.3, 0.4) is 0 Å². The number of urea groups is 1. The summed E-state index contributed by atoms with van der Waals surface area (Å²) in [5.74, 6) is 0. The highest BCUT2D eigenvalue weighted by Gasteiger charge is 2.29. The molecule has 2 heterocycles. The molecule has 2 aromatic rings. The molecule has 1 atom stereocenters. The molecule has 1 aliphatic rings. The van der Waals surface area contributed by atoms with Gasteiger partial charge in [-0.05, 0) is 25.3 Å². The second-order valence-corrected chi connectivity index (χ2v) is 5.45. The summed E-state index contributed by atoms with van der Waals surface area (Å²) in [7, 11) is 0. The molecule has 1 aromatic heterocycles. The first-order valence-electron chi connectivity index (χ1n) is 7.12. The lowest BCUT2D eigenvalue weighted by Crippen LogP contribution is -2.40. The van der Waals surface area contributed by atoms with Crippen LogP contribution in [0.5, 0.6) is 0 Å². The minimum absolute atomic E-state index is 0.0820. The predicted molar refractivity (Wildman–Crippen MR) is 83.1 cm³/mol. The number of hydrogen-bond acceptors (Lipinski definition) is 3. The van der Waals surface area contributed by atoms with Crippen LogP contribution in [0.15, 0.2) is 41.6 Å². The van der Waals surface area contributed by atoms with E-state index in [1.165, 1.54) is 5.01 Å². The van der Waals surface area contributed by atoms with Crippen LogP contribution in [0.1, 0.15) is 32.0 Å². The molecule has 0 saturated heterocycles. The standard InChI is InChI=1S/C16H18N4O/c1-11(2)19-16(21)20-15(7-8-18-20)14-9-12-5-3-4-6-13(12)10-17-14/h3-6,8-11,15H,7H2,1-2H3,(H,19,21). The summed E-state index contributed by atoms with van der Waals surface area (Å²) >= 11 is 0. The van der Waals surface area contributed by atoms with Crippen LogP contribution >= 0.6 is 0 Å². The predicted octanol–water partition coefficient (Wildman–Crippen LogP) is 3.09. The van der Waals surface area contributed by atoms with Gasteiger partial charge >= 0.3 is 6.03 Å². The minimum Gasteiger partial charge on any atom is -0.334 e. The number of hydrogen-bond donors (Lipinski definition) is 1. The van der Waals surface area contributed by atoms with Crippen LogP contribution in [0.2, 0.25) is 0 Å². The molecule has 0 radical (unpaired) electrons. The fraction of sp³-hybridized carbons (Fsp3) is 0.312. The third-order valence-electron chi connectivity index (χ3n) is 3.44. The SMILES string of the molecule is CC(C)NC(=O)N1N=CCC1c1cc2ccccc2cn1. The van der Waals surface area contributed by atoms with Gasteiger partial charge in [-0.15, -0.1) is 0 Å². The number of hydrazone groups is 1. The number of rotatable bonds is 2. The van der Waals surface area contributed by atoms with E-state index in [9.17, 15) is 4.79 Å². The highest BCUT2D eigenvalue weighted by atomic mass is 16.2. The van der Waals surface area contributed by atoms with E-state index in [2.05, 4.69) is 21.5 Å². The van der Waals surface area contributed by atoms with E-state index in [0.29, 0.717) is 6.42 Å². The van der Waals surface area contributed by atoms with Crippen molar-refractivity contribution in [1.82, 2.24) is 15.3 Å². The molecule has 1 aliphatic heterocycles. The van der Waals surface area contributed by atoms with Crippen molar-refractivity contribution in [1.29, 1.82) is 0 Å². The normalized spacial score (nSPS) is 17.7. The van der Waals surface area contributed by atoms with Crippen molar-refractivity contribution in [2.24, 2.45) is 5.10 Å². The van der Waals surface area contributed by atoms with Crippen molar-refractivity contribution in [3.05, 3.63) is 42.2 Å². The number of aromatic nitrogens is 1. The van der Waals surface area contributed by atoms with E-state index in [0.717, 1.165) is 16.5 Å². The lowest BCUT2D eigenvalue weighted by molar-refractivity contribution is 0.182. The van der Waals surface area contributed by atoms with Crippen molar-refractivity contribution in [2.75, 3.05) is 0 Å². The Hall–Kier alpha value is -2.43. The van der Waals surface area contributed by atoms with Crippen LogP contribution in [-0.2, 0) is 0 Å². The average molecular weight is 282 g/mol. The van der Waals surface area contributed by atoms with E-state index < -0.39 is 0 Å². The highest BCUT2D eigenvalue weighted by Crippen LogP contribution is 2.28. The minimum atomic E-state index is -0.182. The van der Waals surface area contributed by atoms with Crippen LogP contribution in [-0.4, -0.2) is 28.3 Å². The maximum atomic E-state index is 12.2. The number of carbonyl (C=O) groups is 1. The lowest BCUT2D eigenvalue weighted by Gasteiger charge is -2.23. The Morgan fingerprint density at radius 3 is 2.86 bits per heavy atom. The molecule has 3 rings (SSSR count). The molecule has 1 aromatic carbocycles. The molecule has 1 unspecified atom stereocenters. The van der Waals surface area contributed by atoms with Gasteiger partial charge < -0.3 is 5.32 Å². The topological polar surface area (TPSA) is 57.6 Å². The Kier molecular flexibility index (Phi) is 3.56. The molecular formula is C16H18N4O. The molecule has 108 valence electrons. The highest BCUT2D eigenvalue weighted by molar-refractivity contribution is 5.83. The Labute approximate surface area is 123 Å². The number of nitrogens with zero attached hydrogens (tertiary/aromatic N) is 3. The van der Waals surface area contributed by atoms with Gasteiger partial charge in [0, 0.05) is 30.3 Å². The van der Waals surface area contributed by atoms with Gasteiger partial charge in [-0.1, -0.05) is 24.3 Å². The fourth-order valence-electron chi connectivity index (χ4n) is 2.45. The number of nitrogens with one attached hydrogen (secondary N) is 1. The number of pyridine rings is 1. The van der Waals surface area contributed by atoms with Gasteiger partial charge in [-0.3, -0.25) is 4.98 Å². The second kappa shape index (κ2) is 5.52. The summed E-state index contributed by atoms with van der Waals surface area (Å²) in [6.07, 6.45) is 4.31. The monoisotopic (exact) mass is 282 g/mol. The molecule has 0 aliphatic carbocycles. The van der Waals surface area contributed by atoms with Gasteiger partial charge in [0.1, 0.15) is 6.04 Å². The molecule has 0 saturated carbocycles. The third-order valence-corrected chi connectivity index (χ3v) is 3.44. The lowest BCUT2D eigenvalue weighted by atomic mass is 10.1. The van der Waals surface area contributed by atoms with E-state index in [1.807, 2.05) is 44.3 Å². The quantitative estimate of drug-likeness (QED) is 0.920. The Balaban J connectivity index is 1.88. The number of carbonyl (C=O) groups excluding carboxylic acids is 1. The van der Waals surface area contributed by atoms with Gasteiger partial charge in [0.2, 0.25) is 0 Å². The number of benzene rings is 1.